The highest BCUT2D eigenvalue weighted by Gasteiger charge is 2.18. The zero-order valence-electron chi connectivity index (χ0n) is 6.68. The van der Waals surface area contributed by atoms with Crippen LogP contribution in [0.15, 0.2) is 3.79 Å². The molecule has 0 radical (unpaired) electrons. The van der Waals surface area contributed by atoms with Gasteiger partial charge in [-0.1, -0.05) is 0 Å². The normalized spacial score (nSPS) is 9.92. The van der Waals surface area contributed by atoms with Gasteiger partial charge in [0.15, 0.2) is 0 Å². The predicted octanol–water partition coefficient (Wildman–Crippen LogP) is 2.19. The van der Waals surface area contributed by atoms with Crippen molar-refractivity contribution in [2.24, 2.45) is 0 Å². The maximum Gasteiger partial charge on any atom is 0.341 e. The van der Waals surface area contributed by atoms with E-state index in [2.05, 4.69) is 20.7 Å². The Labute approximate surface area is 82.6 Å². The van der Waals surface area contributed by atoms with E-state index in [1.54, 1.807) is 0 Å². The molecule has 2 N–H and O–H groups in total. The van der Waals surface area contributed by atoms with Gasteiger partial charge in [0.25, 0.3) is 0 Å². The van der Waals surface area contributed by atoms with Gasteiger partial charge >= 0.3 is 5.97 Å². The van der Waals surface area contributed by atoms with Gasteiger partial charge in [-0.25, -0.2) is 4.79 Å². The first-order chi connectivity index (χ1) is 5.57. The van der Waals surface area contributed by atoms with Crippen molar-refractivity contribution >= 4 is 38.2 Å². The molecule has 0 aliphatic heterocycles. The summed E-state index contributed by atoms with van der Waals surface area (Å²) < 4.78 is 5.45. The zero-order valence-corrected chi connectivity index (χ0v) is 9.08. The summed E-state index contributed by atoms with van der Waals surface area (Å²) in [4.78, 5) is 11.2. The highest BCUT2D eigenvalue weighted by molar-refractivity contribution is 9.11. The molecule has 1 aromatic heterocycles. The van der Waals surface area contributed by atoms with E-state index in [9.17, 15) is 4.79 Å². The van der Waals surface area contributed by atoms with Gasteiger partial charge in [0, 0.05) is 0 Å². The minimum atomic E-state index is -0.382. The van der Waals surface area contributed by atoms with Gasteiger partial charge < -0.3 is 10.5 Å². The van der Waals surface area contributed by atoms with Crippen molar-refractivity contribution in [1.29, 1.82) is 0 Å². The molecule has 0 aliphatic carbocycles. The number of halogens is 1. The predicted molar refractivity (Wildman–Crippen MR) is 52.5 cm³/mol. The molecule has 1 aromatic rings. The molecule has 0 fully saturated rings. The van der Waals surface area contributed by atoms with Gasteiger partial charge in [0.1, 0.15) is 5.00 Å². The lowest BCUT2D eigenvalue weighted by atomic mass is 10.2. The Morgan fingerprint density at radius 1 is 1.67 bits per heavy atom. The monoisotopic (exact) mass is 249 g/mol. The second kappa shape index (κ2) is 3.45. The third kappa shape index (κ3) is 1.47. The fraction of sp³-hybridized carbons (Fsp3) is 0.286. The third-order valence-corrected chi connectivity index (χ3v) is 3.50. The lowest BCUT2D eigenvalue weighted by Gasteiger charge is -1.98. The molecule has 0 saturated heterocycles. The molecule has 1 rings (SSSR count). The molecule has 12 heavy (non-hydrogen) atoms. The molecule has 66 valence electrons. The van der Waals surface area contributed by atoms with Gasteiger partial charge in [-0.2, -0.15) is 0 Å². The number of nitrogens with two attached hydrogens (primary N) is 1. The Balaban J connectivity index is 3.22. The number of ether oxygens (including phenoxy) is 1. The van der Waals surface area contributed by atoms with Crippen LogP contribution in [0.2, 0.25) is 0 Å². The largest absolute Gasteiger partial charge is 0.465 e. The number of hydrogen-bond acceptors (Lipinski definition) is 4. The maximum atomic E-state index is 11.2. The van der Waals surface area contributed by atoms with Crippen LogP contribution in [-0.4, -0.2) is 13.1 Å². The minimum absolute atomic E-state index is 0.382. The second-order valence-electron chi connectivity index (χ2n) is 2.23. The van der Waals surface area contributed by atoms with E-state index in [1.807, 2.05) is 6.92 Å². The molecule has 0 bridgehead atoms. The van der Waals surface area contributed by atoms with Crippen molar-refractivity contribution in [2.45, 2.75) is 6.92 Å². The summed E-state index contributed by atoms with van der Waals surface area (Å²) in [6.07, 6.45) is 0. The molecule has 1 heterocycles. The summed E-state index contributed by atoms with van der Waals surface area (Å²) in [7, 11) is 1.34. The summed E-state index contributed by atoms with van der Waals surface area (Å²) >= 11 is 4.63. The van der Waals surface area contributed by atoms with Crippen molar-refractivity contribution in [3.05, 3.63) is 14.9 Å². The minimum Gasteiger partial charge on any atom is -0.465 e. The molecule has 0 saturated carbocycles. The standard InChI is InChI=1S/C7H8BrNO2S/c1-3-4(7(10)11-2)6(9)12-5(3)8/h9H2,1-2H3. The van der Waals surface area contributed by atoms with Gasteiger partial charge in [-0.3, -0.25) is 0 Å². The molecule has 0 aliphatic rings. The van der Waals surface area contributed by atoms with Gasteiger partial charge in [0.05, 0.1) is 16.5 Å². The first-order valence-electron chi connectivity index (χ1n) is 3.20. The summed E-state index contributed by atoms with van der Waals surface area (Å²) in [6, 6.07) is 0. The SMILES string of the molecule is COC(=O)c1c(N)sc(Br)c1C. The Morgan fingerprint density at radius 3 is 2.58 bits per heavy atom. The van der Waals surface area contributed by atoms with E-state index >= 15 is 0 Å². The third-order valence-electron chi connectivity index (χ3n) is 1.51. The quantitative estimate of drug-likeness (QED) is 0.777. The highest BCUT2D eigenvalue weighted by atomic mass is 79.9. The number of carbonyl (C=O) groups is 1. The van der Waals surface area contributed by atoms with Gasteiger partial charge in [-0.15, -0.1) is 11.3 Å². The molecule has 0 spiro atoms. The van der Waals surface area contributed by atoms with Crippen molar-refractivity contribution < 1.29 is 9.53 Å². The van der Waals surface area contributed by atoms with E-state index in [0.717, 1.165) is 9.35 Å². The van der Waals surface area contributed by atoms with Crippen LogP contribution in [0, 0.1) is 6.92 Å². The molecular weight excluding hydrogens is 242 g/mol. The fourth-order valence-corrected chi connectivity index (χ4v) is 2.37. The Hall–Kier alpha value is -0.550. The molecule has 5 heteroatoms. The summed E-state index contributed by atoms with van der Waals surface area (Å²) in [5.41, 5.74) is 6.91. The molecule has 3 nitrogen and oxygen atoms in total. The van der Waals surface area contributed by atoms with Crippen molar-refractivity contribution in [3.63, 3.8) is 0 Å². The lowest BCUT2D eigenvalue weighted by molar-refractivity contribution is 0.0601. The van der Waals surface area contributed by atoms with E-state index in [-0.39, 0.29) is 5.97 Å². The summed E-state index contributed by atoms with van der Waals surface area (Å²) in [5, 5.41) is 0.492. The Morgan fingerprint density at radius 2 is 2.25 bits per heavy atom. The number of nitrogen functional groups attached to an aromatic ring is 1. The van der Waals surface area contributed by atoms with Gasteiger partial charge in [0.2, 0.25) is 0 Å². The molecule has 0 amide bonds. The zero-order chi connectivity index (χ0) is 9.30. The number of thiophene rings is 1. The second-order valence-corrected chi connectivity index (χ2v) is 4.60. The van der Waals surface area contributed by atoms with E-state index in [0.29, 0.717) is 10.6 Å². The van der Waals surface area contributed by atoms with Crippen molar-refractivity contribution in [1.82, 2.24) is 0 Å². The lowest BCUT2D eigenvalue weighted by Crippen LogP contribution is -2.04. The van der Waals surface area contributed by atoms with Crippen LogP contribution in [0.3, 0.4) is 0 Å². The number of hydrogen-bond donors (Lipinski definition) is 1. The van der Waals surface area contributed by atoms with E-state index < -0.39 is 0 Å². The molecular formula is C7H8BrNO2S. The molecule has 0 unspecified atom stereocenters. The first-order valence-corrected chi connectivity index (χ1v) is 4.81. The van der Waals surface area contributed by atoms with Crippen molar-refractivity contribution in [3.8, 4) is 0 Å². The average Bonchev–Trinajstić information content (AvgIpc) is 2.26. The number of rotatable bonds is 1. The van der Waals surface area contributed by atoms with Crippen LogP contribution < -0.4 is 5.73 Å². The van der Waals surface area contributed by atoms with Crippen LogP contribution in [0.5, 0.6) is 0 Å². The van der Waals surface area contributed by atoms with E-state index in [1.165, 1.54) is 18.4 Å². The average molecular weight is 250 g/mol. The van der Waals surface area contributed by atoms with Crippen LogP contribution in [0.1, 0.15) is 15.9 Å². The Bertz CT molecular complexity index is 321. The van der Waals surface area contributed by atoms with E-state index in [4.69, 9.17) is 5.73 Å². The van der Waals surface area contributed by atoms with Crippen LogP contribution in [0.4, 0.5) is 5.00 Å². The van der Waals surface area contributed by atoms with Gasteiger partial charge in [-0.05, 0) is 28.4 Å². The molecule has 0 atom stereocenters. The molecule has 0 aromatic carbocycles. The Kier molecular flexibility index (Phi) is 2.74. The number of carbonyl (C=O) groups excluding carboxylic acids is 1. The maximum absolute atomic E-state index is 11.2. The van der Waals surface area contributed by atoms with Crippen LogP contribution >= 0.6 is 27.3 Å². The fourth-order valence-electron chi connectivity index (χ4n) is 0.863. The topological polar surface area (TPSA) is 52.3 Å². The summed E-state index contributed by atoms with van der Waals surface area (Å²) in [5.74, 6) is -0.382. The van der Waals surface area contributed by atoms with Crippen LogP contribution in [0.25, 0.3) is 0 Å². The highest BCUT2D eigenvalue weighted by Crippen LogP contribution is 2.34. The number of anilines is 1. The number of esters is 1. The van der Waals surface area contributed by atoms with Crippen LogP contribution in [-0.2, 0) is 4.74 Å². The first kappa shape index (κ1) is 9.54. The number of methoxy groups -OCH3 is 1. The smallest absolute Gasteiger partial charge is 0.341 e. The van der Waals surface area contributed by atoms with Crippen molar-refractivity contribution in [2.75, 3.05) is 12.8 Å². The summed E-state index contributed by atoms with van der Waals surface area (Å²) in [6.45, 7) is 1.82.